The van der Waals surface area contributed by atoms with Crippen LogP contribution in [0.25, 0.3) is 0 Å². The van der Waals surface area contributed by atoms with E-state index in [1.807, 2.05) is 0 Å². The van der Waals surface area contributed by atoms with Gasteiger partial charge in [0, 0.05) is 0 Å². The monoisotopic (exact) mass is 166 g/mol. The summed E-state index contributed by atoms with van der Waals surface area (Å²) in [5.74, 6) is 0. The molecule has 0 aliphatic rings. The Hall–Kier alpha value is -0.810. The average molecular weight is 166 g/mol. The fourth-order valence-corrected chi connectivity index (χ4v) is 0.0833. The first kappa shape index (κ1) is 12.8. The molecule has 5 heteroatoms. The number of ether oxygens (including phenoxy) is 2. The molecule has 5 nitrogen and oxygen atoms in total. The summed E-state index contributed by atoms with van der Waals surface area (Å²) in [6.07, 6.45) is -1.22. The van der Waals surface area contributed by atoms with E-state index in [9.17, 15) is 4.79 Å². The Morgan fingerprint density at radius 3 is 1.73 bits per heavy atom. The Bertz CT molecular complexity index is 85.0. The number of aliphatic hydroxyl groups is 2. The van der Waals surface area contributed by atoms with Crippen molar-refractivity contribution in [1.29, 1.82) is 0 Å². The number of carbonyl (C=O) groups excluding carboxylic acids is 1. The van der Waals surface area contributed by atoms with Crippen molar-refractivity contribution in [2.45, 2.75) is 13.0 Å². The smallest absolute Gasteiger partial charge is 0.438 e. The van der Waals surface area contributed by atoms with Gasteiger partial charge in [0.2, 0.25) is 0 Å². The zero-order valence-electron chi connectivity index (χ0n) is 6.90. The normalized spacial score (nSPS) is 10.6. The van der Waals surface area contributed by atoms with E-state index in [1.54, 1.807) is 0 Å². The van der Waals surface area contributed by atoms with Crippen molar-refractivity contribution in [3.8, 4) is 0 Å². The van der Waals surface area contributed by atoms with Crippen LogP contribution >= 0.6 is 0 Å². The highest BCUT2D eigenvalue weighted by Gasteiger charge is 1.88. The first-order valence-electron chi connectivity index (χ1n) is 2.99. The fourth-order valence-electron chi connectivity index (χ4n) is 0.0833. The minimum atomic E-state index is -0.657. The summed E-state index contributed by atoms with van der Waals surface area (Å²) in [5.41, 5.74) is 0. The Labute approximate surface area is 65.5 Å². The third-order valence-corrected chi connectivity index (χ3v) is 0.598. The van der Waals surface area contributed by atoms with Crippen LogP contribution < -0.4 is 0 Å². The molecule has 0 radical (unpaired) electrons. The topological polar surface area (TPSA) is 76.0 Å². The lowest BCUT2D eigenvalue weighted by Gasteiger charge is -1.90. The largest absolute Gasteiger partial charge is 0.507 e. The summed E-state index contributed by atoms with van der Waals surface area (Å²) in [6.45, 7) is 1.39. The number of carbonyl (C=O) groups is 1. The average Bonchev–Trinajstić information content (AvgIpc) is 2.04. The van der Waals surface area contributed by atoms with E-state index >= 15 is 0 Å². The molecule has 0 fully saturated rings. The number of aliphatic hydroxyl groups excluding tert-OH is 2. The maximum Gasteiger partial charge on any atom is 0.507 e. The van der Waals surface area contributed by atoms with E-state index in [4.69, 9.17) is 10.2 Å². The van der Waals surface area contributed by atoms with E-state index in [2.05, 4.69) is 9.47 Å². The standard InChI is InChI=1S/C3H6O3.C3H8O2/c1-5-3(4)6-2;1-3(5)2-4/h1-2H3;3-5H,2H2,1H3. The highest BCUT2D eigenvalue weighted by molar-refractivity contribution is 5.59. The van der Waals surface area contributed by atoms with Crippen LogP contribution in [-0.4, -0.2) is 43.3 Å². The lowest BCUT2D eigenvalue weighted by Crippen LogP contribution is -2.03. The van der Waals surface area contributed by atoms with E-state index in [-0.39, 0.29) is 6.61 Å². The molecule has 0 aliphatic heterocycles. The Balaban J connectivity index is 0. The molecule has 11 heavy (non-hydrogen) atoms. The molecule has 0 aromatic heterocycles. The van der Waals surface area contributed by atoms with Gasteiger partial charge in [0.25, 0.3) is 0 Å². The molecule has 0 saturated carbocycles. The van der Waals surface area contributed by atoms with Crippen molar-refractivity contribution < 1.29 is 24.5 Å². The van der Waals surface area contributed by atoms with Gasteiger partial charge in [0.05, 0.1) is 26.9 Å². The second-order valence-corrected chi connectivity index (χ2v) is 1.69. The molecule has 0 spiro atoms. The molecular weight excluding hydrogens is 152 g/mol. The molecule has 0 amide bonds. The number of hydrogen-bond donors (Lipinski definition) is 2. The molecule has 0 heterocycles. The van der Waals surface area contributed by atoms with Gasteiger partial charge in [-0.25, -0.2) is 4.79 Å². The van der Waals surface area contributed by atoms with Crippen LogP contribution in [0.5, 0.6) is 0 Å². The van der Waals surface area contributed by atoms with Crippen molar-refractivity contribution in [3.05, 3.63) is 0 Å². The van der Waals surface area contributed by atoms with Gasteiger partial charge < -0.3 is 19.7 Å². The maximum absolute atomic E-state index is 9.74. The van der Waals surface area contributed by atoms with Crippen LogP contribution in [-0.2, 0) is 9.47 Å². The molecule has 0 saturated heterocycles. The van der Waals surface area contributed by atoms with Gasteiger partial charge in [-0.15, -0.1) is 0 Å². The van der Waals surface area contributed by atoms with Crippen LogP contribution in [0.4, 0.5) is 4.79 Å². The van der Waals surface area contributed by atoms with Crippen LogP contribution in [0.2, 0.25) is 0 Å². The van der Waals surface area contributed by atoms with Gasteiger partial charge in [-0.3, -0.25) is 0 Å². The van der Waals surface area contributed by atoms with Crippen LogP contribution in [0.1, 0.15) is 6.92 Å². The van der Waals surface area contributed by atoms with E-state index in [0.29, 0.717) is 0 Å². The minimum Gasteiger partial charge on any atom is -0.438 e. The van der Waals surface area contributed by atoms with Crippen molar-refractivity contribution in [2.24, 2.45) is 0 Å². The molecule has 0 aromatic rings. The summed E-state index contributed by atoms with van der Waals surface area (Å²) in [6, 6.07) is 0. The SMILES string of the molecule is CC(O)CO.COC(=O)OC. The molecule has 2 N–H and O–H groups in total. The first-order chi connectivity index (χ1) is 5.08. The van der Waals surface area contributed by atoms with Crippen LogP contribution in [0, 0.1) is 0 Å². The van der Waals surface area contributed by atoms with Crippen molar-refractivity contribution in [3.63, 3.8) is 0 Å². The third-order valence-electron chi connectivity index (χ3n) is 0.598. The Kier molecular flexibility index (Phi) is 10.7. The molecule has 1 atom stereocenters. The summed E-state index contributed by atoms with van der Waals surface area (Å²) < 4.78 is 8.08. The van der Waals surface area contributed by atoms with Crippen molar-refractivity contribution >= 4 is 6.16 Å². The predicted octanol–water partition coefficient (Wildman–Crippen LogP) is -0.241. The Morgan fingerprint density at radius 2 is 1.73 bits per heavy atom. The van der Waals surface area contributed by atoms with Crippen molar-refractivity contribution in [1.82, 2.24) is 0 Å². The first-order valence-corrected chi connectivity index (χ1v) is 2.99. The zero-order valence-corrected chi connectivity index (χ0v) is 6.90. The molecule has 0 aromatic carbocycles. The summed E-state index contributed by atoms with van der Waals surface area (Å²) >= 11 is 0. The highest BCUT2D eigenvalue weighted by atomic mass is 16.7. The molecule has 0 aliphatic carbocycles. The highest BCUT2D eigenvalue weighted by Crippen LogP contribution is 1.72. The lowest BCUT2D eigenvalue weighted by atomic mass is 10.5. The minimum absolute atomic E-state index is 0.139. The third kappa shape index (κ3) is 17.6. The van der Waals surface area contributed by atoms with Crippen LogP contribution in [0.15, 0.2) is 0 Å². The summed E-state index contributed by atoms with van der Waals surface area (Å²) in [4.78, 5) is 9.74. The van der Waals surface area contributed by atoms with Gasteiger partial charge in [-0.05, 0) is 6.92 Å². The number of rotatable bonds is 1. The summed E-state index contributed by atoms with van der Waals surface area (Å²) in [7, 11) is 2.51. The fraction of sp³-hybridized carbons (Fsp3) is 0.833. The maximum atomic E-state index is 9.74. The van der Waals surface area contributed by atoms with Gasteiger partial charge in [0.15, 0.2) is 0 Å². The second kappa shape index (κ2) is 9.19. The second-order valence-electron chi connectivity index (χ2n) is 1.69. The molecule has 1 unspecified atom stereocenters. The lowest BCUT2D eigenvalue weighted by molar-refractivity contribution is 0.0924. The zero-order chi connectivity index (χ0) is 9.28. The number of hydrogen-bond acceptors (Lipinski definition) is 5. The summed E-state index contributed by atoms with van der Waals surface area (Å²) in [5, 5.41) is 16.0. The van der Waals surface area contributed by atoms with E-state index in [1.165, 1.54) is 21.1 Å². The molecule has 68 valence electrons. The van der Waals surface area contributed by atoms with Gasteiger partial charge >= 0.3 is 6.16 Å². The van der Waals surface area contributed by atoms with E-state index < -0.39 is 12.3 Å². The Morgan fingerprint density at radius 1 is 1.45 bits per heavy atom. The number of methoxy groups -OCH3 is 2. The van der Waals surface area contributed by atoms with Gasteiger partial charge in [0.1, 0.15) is 0 Å². The quantitative estimate of drug-likeness (QED) is 0.526. The van der Waals surface area contributed by atoms with Gasteiger partial charge in [-0.2, -0.15) is 0 Å². The predicted molar refractivity (Wildman–Crippen MR) is 38.2 cm³/mol. The van der Waals surface area contributed by atoms with E-state index in [0.717, 1.165) is 0 Å². The molecule has 0 bridgehead atoms. The van der Waals surface area contributed by atoms with Gasteiger partial charge in [-0.1, -0.05) is 0 Å². The van der Waals surface area contributed by atoms with Crippen molar-refractivity contribution in [2.75, 3.05) is 20.8 Å². The molecule has 0 rings (SSSR count). The molecular formula is C6H14O5. The van der Waals surface area contributed by atoms with Crippen LogP contribution in [0.3, 0.4) is 0 Å².